The van der Waals surface area contributed by atoms with Crippen molar-refractivity contribution < 1.29 is 19.4 Å². The lowest BCUT2D eigenvalue weighted by Gasteiger charge is -2.30. The fourth-order valence-electron chi connectivity index (χ4n) is 2.89. The molecule has 3 rings (SSSR count). The molecule has 2 aromatic rings. The fourth-order valence-corrected chi connectivity index (χ4v) is 2.89. The first-order chi connectivity index (χ1) is 11.0. The number of carbonyl (C=O) groups is 2. The van der Waals surface area contributed by atoms with E-state index in [4.69, 9.17) is 9.84 Å². The maximum atomic E-state index is 11.6. The lowest BCUT2D eigenvalue weighted by Crippen LogP contribution is -2.41. The van der Waals surface area contributed by atoms with Crippen molar-refractivity contribution in [2.24, 2.45) is 0 Å². The third-order valence-electron chi connectivity index (χ3n) is 4.17. The van der Waals surface area contributed by atoms with Crippen LogP contribution in [0.2, 0.25) is 0 Å². The Labute approximate surface area is 133 Å². The van der Waals surface area contributed by atoms with E-state index in [0.29, 0.717) is 31.7 Å². The van der Waals surface area contributed by atoms with Crippen molar-refractivity contribution in [1.82, 2.24) is 14.7 Å². The van der Waals surface area contributed by atoms with Crippen molar-refractivity contribution in [3.63, 3.8) is 0 Å². The minimum absolute atomic E-state index is 0.0181. The molecule has 1 aliphatic rings. The maximum Gasteiger partial charge on any atom is 0.407 e. The molecule has 1 aromatic carbocycles. The first kappa shape index (κ1) is 15.3. The number of nitrogens with zero attached hydrogens (tertiary/aromatic N) is 3. The van der Waals surface area contributed by atoms with E-state index in [9.17, 15) is 9.59 Å². The molecule has 1 saturated heterocycles. The van der Waals surface area contributed by atoms with Gasteiger partial charge in [0.1, 0.15) is 11.9 Å². The SMILES string of the molecule is CC(=O)n1ncc2cc(C)c(OC3CCN(C(=O)O)CC3)cc21. The molecular formula is C16H19N3O4. The van der Waals surface area contributed by atoms with Crippen LogP contribution in [-0.4, -0.2) is 51.0 Å². The summed E-state index contributed by atoms with van der Waals surface area (Å²) in [4.78, 5) is 23.9. The topological polar surface area (TPSA) is 84.7 Å². The molecule has 0 bridgehead atoms. The fraction of sp³-hybridized carbons (Fsp3) is 0.438. The van der Waals surface area contributed by atoms with Crippen LogP contribution in [0, 0.1) is 6.92 Å². The summed E-state index contributed by atoms with van der Waals surface area (Å²) in [6, 6.07) is 3.78. The van der Waals surface area contributed by atoms with Gasteiger partial charge in [-0.15, -0.1) is 0 Å². The second kappa shape index (κ2) is 5.91. The van der Waals surface area contributed by atoms with Crippen molar-refractivity contribution in [3.05, 3.63) is 23.9 Å². The van der Waals surface area contributed by atoms with Crippen LogP contribution in [-0.2, 0) is 0 Å². The summed E-state index contributed by atoms with van der Waals surface area (Å²) >= 11 is 0. The maximum absolute atomic E-state index is 11.6. The molecular weight excluding hydrogens is 298 g/mol. The number of amides is 1. The molecule has 0 atom stereocenters. The molecule has 7 nitrogen and oxygen atoms in total. The predicted octanol–water partition coefficient (Wildman–Crippen LogP) is 2.53. The summed E-state index contributed by atoms with van der Waals surface area (Å²) in [6.07, 6.45) is 2.09. The molecule has 1 aliphatic heterocycles. The van der Waals surface area contributed by atoms with E-state index in [-0.39, 0.29) is 12.0 Å². The summed E-state index contributed by atoms with van der Waals surface area (Å²) in [5, 5.41) is 14.0. The van der Waals surface area contributed by atoms with Crippen LogP contribution in [0.1, 0.15) is 30.1 Å². The summed E-state index contributed by atoms with van der Waals surface area (Å²) in [5.41, 5.74) is 1.70. The summed E-state index contributed by atoms with van der Waals surface area (Å²) in [6.45, 7) is 4.38. The smallest absolute Gasteiger partial charge is 0.407 e. The number of likely N-dealkylation sites (tertiary alicyclic amines) is 1. The van der Waals surface area contributed by atoms with Gasteiger partial charge in [0, 0.05) is 44.3 Å². The number of carbonyl (C=O) groups excluding carboxylic acids is 1. The summed E-state index contributed by atoms with van der Waals surface area (Å²) in [5.74, 6) is 0.568. The van der Waals surface area contributed by atoms with E-state index < -0.39 is 6.09 Å². The number of ether oxygens (including phenoxy) is 1. The average Bonchev–Trinajstić information content (AvgIpc) is 2.91. The van der Waals surface area contributed by atoms with E-state index >= 15 is 0 Å². The normalized spacial score (nSPS) is 15.8. The zero-order valence-electron chi connectivity index (χ0n) is 13.2. The van der Waals surface area contributed by atoms with Crippen LogP contribution < -0.4 is 4.74 Å². The van der Waals surface area contributed by atoms with Gasteiger partial charge in [-0.1, -0.05) is 0 Å². The van der Waals surface area contributed by atoms with Gasteiger partial charge in [0.15, 0.2) is 0 Å². The highest BCUT2D eigenvalue weighted by molar-refractivity contribution is 5.90. The standard InChI is InChI=1S/C16H19N3O4/c1-10-7-12-9-17-19(11(2)20)14(12)8-15(10)23-13-3-5-18(6-4-13)16(21)22/h7-9,13H,3-6H2,1-2H3,(H,21,22). The number of carboxylic acid groups (broad SMARTS) is 1. The number of fused-ring (bicyclic) bond motifs is 1. The van der Waals surface area contributed by atoms with Crippen molar-refractivity contribution in [1.29, 1.82) is 0 Å². The van der Waals surface area contributed by atoms with Crippen LogP contribution in [0.3, 0.4) is 0 Å². The third kappa shape index (κ3) is 2.99. The van der Waals surface area contributed by atoms with Gasteiger partial charge in [0.05, 0.1) is 11.7 Å². The molecule has 0 aliphatic carbocycles. The molecule has 23 heavy (non-hydrogen) atoms. The van der Waals surface area contributed by atoms with E-state index in [0.717, 1.165) is 16.5 Å². The highest BCUT2D eigenvalue weighted by atomic mass is 16.5. The predicted molar refractivity (Wildman–Crippen MR) is 84.0 cm³/mol. The Bertz CT molecular complexity index is 760. The Balaban J connectivity index is 1.80. The molecule has 0 spiro atoms. The van der Waals surface area contributed by atoms with Crippen LogP contribution in [0.15, 0.2) is 18.3 Å². The van der Waals surface area contributed by atoms with E-state index in [2.05, 4.69) is 5.10 Å². The molecule has 2 heterocycles. The van der Waals surface area contributed by atoms with Crippen molar-refractivity contribution >= 4 is 22.9 Å². The van der Waals surface area contributed by atoms with Gasteiger partial charge in [-0.2, -0.15) is 5.10 Å². The number of rotatable bonds is 2. The molecule has 0 radical (unpaired) electrons. The zero-order chi connectivity index (χ0) is 16.6. The first-order valence-corrected chi connectivity index (χ1v) is 7.59. The second-order valence-corrected chi connectivity index (χ2v) is 5.84. The highest BCUT2D eigenvalue weighted by Crippen LogP contribution is 2.28. The molecule has 1 amide bonds. The third-order valence-corrected chi connectivity index (χ3v) is 4.17. The van der Waals surface area contributed by atoms with E-state index in [1.54, 1.807) is 6.20 Å². The molecule has 7 heteroatoms. The van der Waals surface area contributed by atoms with E-state index in [1.807, 2.05) is 19.1 Å². The monoisotopic (exact) mass is 317 g/mol. The first-order valence-electron chi connectivity index (χ1n) is 7.59. The molecule has 1 N–H and O–H groups in total. The number of aromatic nitrogens is 2. The number of aryl methyl sites for hydroxylation is 1. The van der Waals surface area contributed by atoms with Crippen LogP contribution in [0.4, 0.5) is 4.79 Å². The van der Waals surface area contributed by atoms with Gasteiger partial charge in [-0.05, 0) is 18.6 Å². The van der Waals surface area contributed by atoms with E-state index in [1.165, 1.54) is 16.5 Å². The van der Waals surface area contributed by atoms with Gasteiger partial charge in [0.2, 0.25) is 5.91 Å². The van der Waals surface area contributed by atoms with Gasteiger partial charge >= 0.3 is 6.09 Å². The summed E-state index contributed by atoms with van der Waals surface area (Å²) in [7, 11) is 0. The second-order valence-electron chi connectivity index (χ2n) is 5.84. The molecule has 1 aromatic heterocycles. The van der Waals surface area contributed by atoms with Gasteiger partial charge < -0.3 is 14.7 Å². The molecule has 0 saturated carbocycles. The van der Waals surface area contributed by atoms with Crippen molar-refractivity contribution in [2.45, 2.75) is 32.8 Å². The van der Waals surface area contributed by atoms with Crippen molar-refractivity contribution in [3.8, 4) is 5.75 Å². The highest BCUT2D eigenvalue weighted by Gasteiger charge is 2.24. The lowest BCUT2D eigenvalue weighted by atomic mass is 10.1. The summed E-state index contributed by atoms with van der Waals surface area (Å²) < 4.78 is 7.41. The lowest BCUT2D eigenvalue weighted by molar-refractivity contribution is 0.0891. The molecule has 1 fully saturated rings. The Kier molecular flexibility index (Phi) is 3.94. The molecule has 0 unspecified atom stereocenters. The van der Waals surface area contributed by atoms with Gasteiger partial charge in [-0.25, -0.2) is 9.48 Å². The minimum Gasteiger partial charge on any atom is -0.490 e. The number of hydrogen-bond donors (Lipinski definition) is 1. The van der Waals surface area contributed by atoms with Crippen LogP contribution >= 0.6 is 0 Å². The Morgan fingerprint density at radius 1 is 1.30 bits per heavy atom. The zero-order valence-corrected chi connectivity index (χ0v) is 13.2. The molecule has 122 valence electrons. The largest absolute Gasteiger partial charge is 0.490 e. The average molecular weight is 317 g/mol. The van der Waals surface area contributed by atoms with Crippen LogP contribution in [0.25, 0.3) is 10.9 Å². The Morgan fingerprint density at radius 2 is 2.00 bits per heavy atom. The quantitative estimate of drug-likeness (QED) is 0.920. The van der Waals surface area contributed by atoms with Crippen molar-refractivity contribution in [2.75, 3.05) is 13.1 Å². The Morgan fingerprint density at radius 3 is 2.61 bits per heavy atom. The van der Waals surface area contributed by atoms with Crippen LogP contribution in [0.5, 0.6) is 5.75 Å². The number of benzene rings is 1. The Hall–Kier alpha value is -2.57. The minimum atomic E-state index is -0.883. The number of piperidine rings is 1. The number of hydrogen-bond acceptors (Lipinski definition) is 4. The van der Waals surface area contributed by atoms with Gasteiger partial charge in [0.25, 0.3) is 0 Å². The van der Waals surface area contributed by atoms with Gasteiger partial charge in [-0.3, -0.25) is 4.79 Å².